The SMILES string of the molecule is CC(CN1CCN(Cc2cccc(Cl)c2)c2ccccc21)N1CCCC1. The van der Waals surface area contributed by atoms with Gasteiger partial charge in [-0.3, -0.25) is 4.90 Å². The molecule has 0 saturated carbocycles. The lowest BCUT2D eigenvalue weighted by Crippen LogP contribution is -2.47. The van der Waals surface area contributed by atoms with Crippen LogP contribution in [0.2, 0.25) is 5.02 Å². The van der Waals surface area contributed by atoms with Crippen molar-refractivity contribution in [1.82, 2.24) is 4.90 Å². The molecular formula is C22H28ClN3. The summed E-state index contributed by atoms with van der Waals surface area (Å²) in [6.07, 6.45) is 2.71. The maximum Gasteiger partial charge on any atom is 0.0607 e. The molecule has 0 N–H and O–H groups in total. The quantitative estimate of drug-likeness (QED) is 0.759. The molecule has 3 nitrogen and oxygen atoms in total. The molecule has 0 spiro atoms. The van der Waals surface area contributed by atoms with Crippen molar-refractivity contribution >= 4 is 23.0 Å². The highest BCUT2D eigenvalue weighted by Crippen LogP contribution is 2.34. The van der Waals surface area contributed by atoms with E-state index in [1.807, 2.05) is 12.1 Å². The van der Waals surface area contributed by atoms with E-state index in [1.54, 1.807) is 0 Å². The second kappa shape index (κ2) is 7.89. The third kappa shape index (κ3) is 3.84. The molecule has 4 heteroatoms. The molecule has 138 valence electrons. The summed E-state index contributed by atoms with van der Waals surface area (Å²) in [5, 5.41) is 0.814. The molecule has 0 radical (unpaired) electrons. The predicted molar refractivity (Wildman–Crippen MR) is 111 cm³/mol. The summed E-state index contributed by atoms with van der Waals surface area (Å²) >= 11 is 6.17. The van der Waals surface area contributed by atoms with Gasteiger partial charge in [-0.15, -0.1) is 0 Å². The lowest BCUT2D eigenvalue weighted by Gasteiger charge is -2.41. The molecule has 1 fully saturated rings. The zero-order chi connectivity index (χ0) is 17.9. The minimum atomic E-state index is 0.616. The zero-order valence-corrected chi connectivity index (χ0v) is 16.3. The van der Waals surface area contributed by atoms with Gasteiger partial charge in [0, 0.05) is 37.2 Å². The largest absolute Gasteiger partial charge is 0.367 e. The first-order valence-electron chi connectivity index (χ1n) is 9.78. The number of rotatable bonds is 5. The van der Waals surface area contributed by atoms with E-state index in [0.29, 0.717) is 6.04 Å². The zero-order valence-electron chi connectivity index (χ0n) is 15.6. The fourth-order valence-electron chi connectivity index (χ4n) is 4.31. The fraction of sp³-hybridized carbons (Fsp3) is 0.455. The van der Waals surface area contributed by atoms with Crippen LogP contribution in [0.5, 0.6) is 0 Å². The van der Waals surface area contributed by atoms with Gasteiger partial charge in [0.2, 0.25) is 0 Å². The summed E-state index contributed by atoms with van der Waals surface area (Å²) < 4.78 is 0. The topological polar surface area (TPSA) is 9.72 Å². The Morgan fingerprint density at radius 2 is 1.58 bits per heavy atom. The molecule has 2 aliphatic rings. The molecule has 0 amide bonds. The van der Waals surface area contributed by atoms with Gasteiger partial charge in [-0.2, -0.15) is 0 Å². The van der Waals surface area contributed by atoms with Crippen molar-refractivity contribution in [2.24, 2.45) is 0 Å². The van der Waals surface area contributed by atoms with Gasteiger partial charge in [0.25, 0.3) is 0 Å². The molecule has 2 aromatic rings. The Morgan fingerprint density at radius 3 is 2.31 bits per heavy atom. The number of fused-ring (bicyclic) bond motifs is 1. The van der Waals surface area contributed by atoms with Crippen molar-refractivity contribution < 1.29 is 0 Å². The van der Waals surface area contributed by atoms with E-state index in [2.05, 4.69) is 58.0 Å². The van der Waals surface area contributed by atoms with Crippen LogP contribution in [0, 0.1) is 0 Å². The van der Waals surface area contributed by atoms with Crippen LogP contribution in [0.3, 0.4) is 0 Å². The monoisotopic (exact) mass is 369 g/mol. The van der Waals surface area contributed by atoms with Crippen LogP contribution in [-0.4, -0.2) is 43.7 Å². The first kappa shape index (κ1) is 17.7. The maximum atomic E-state index is 6.17. The number of likely N-dealkylation sites (tertiary alicyclic amines) is 1. The summed E-state index contributed by atoms with van der Waals surface area (Å²) in [6, 6.07) is 17.7. The van der Waals surface area contributed by atoms with Gasteiger partial charge in [-0.1, -0.05) is 35.9 Å². The van der Waals surface area contributed by atoms with Gasteiger partial charge in [0.15, 0.2) is 0 Å². The molecule has 0 aromatic heterocycles. The van der Waals surface area contributed by atoms with Crippen LogP contribution in [-0.2, 0) is 6.54 Å². The van der Waals surface area contributed by atoms with Crippen molar-refractivity contribution in [3.05, 3.63) is 59.1 Å². The Hall–Kier alpha value is -1.71. The third-order valence-corrected chi connectivity index (χ3v) is 5.95. The minimum Gasteiger partial charge on any atom is -0.367 e. The van der Waals surface area contributed by atoms with Gasteiger partial charge < -0.3 is 9.80 Å². The van der Waals surface area contributed by atoms with E-state index >= 15 is 0 Å². The average molecular weight is 370 g/mol. The summed E-state index contributed by atoms with van der Waals surface area (Å²) in [4.78, 5) is 7.70. The number of para-hydroxylation sites is 2. The van der Waals surface area contributed by atoms with E-state index in [4.69, 9.17) is 11.6 Å². The van der Waals surface area contributed by atoms with Gasteiger partial charge >= 0.3 is 0 Å². The number of benzene rings is 2. The van der Waals surface area contributed by atoms with Crippen LogP contribution in [0.15, 0.2) is 48.5 Å². The molecular weight excluding hydrogens is 342 g/mol. The molecule has 2 aromatic carbocycles. The highest BCUT2D eigenvalue weighted by Gasteiger charge is 2.26. The number of halogens is 1. The molecule has 0 aliphatic carbocycles. The molecule has 1 saturated heterocycles. The van der Waals surface area contributed by atoms with Crippen molar-refractivity contribution in [2.45, 2.75) is 32.4 Å². The summed E-state index contributed by atoms with van der Waals surface area (Å²) in [5.41, 5.74) is 3.98. The lowest BCUT2D eigenvalue weighted by atomic mass is 10.1. The van der Waals surface area contributed by atoms with Crippen LogP contribution < -0.4 is 9.80 Å². The molecule has 2 aliphatic heterocycles. The normalized spacial score (nSPS) is 18.8. The second-order valence-corrected chi connectivity index (χ2v) is 8.01. The van der Waals surface area contributed by atoms with Crippen LogP contribution in [0.1, 0.15) is 25.3 Å². The van der Waals surface area contributed by atoms with Crippen molar-refractivity contribution in [2.75, 3.05) is 42.5 Å². The fourth-order valence-corrected chi connectivity index (χ4v) is 4.52. The Kier molecular flexibility index (Phi) is 5.37. The van der Waals surface area contributed by atoms with E-state index in [9.17, 15) is 0 Å². The summed E-state index contributed by atoms with van der Waals surface area (Å²) in [6.45, 7) is 9.06. The summed E-state index contributed by atoms with van der Waals surface area (Å²) in [7, 11) is 0. The standard InChI is InChI=1S/C22H28ClN3/c1-18(24-11-4-5-12-24)16-25-13-14-26(22-10-3-2-9-21(22)25)17-19-7-6-8-20(23)15-19/h2-3,6-10,15,18H,4-5,11-14,16-17H2,1H3. The van der Waals surface area contributed by atoms with Crippen molar-refractivity contribution in [1.29, 1.82) is 0 Å². The first-order chi connectivity index (χ1) is 12.7. The summed E-state index contributed by atoms with van der Waals surface area (Å²) in [5.74, 6) is 0. The van der Waals surface area contributed by atoms with E-state index in [0.717, 1.165) is 31.2 Å². The smallest absolute Gasteiger partial charge is 0.0607 e. The Labute approximate surface area is 162 Å². The molecule has 26 heavy (non-hydrogen) atoms. The van der Waals surface area contributed by atoms with Crippen molar-refractivity contribution in [3.8, 4) is 0 Å². The highest BCUT2D eigenvalue weighted by atomic mass is 35.5. The predicted octanol–water partition coefficient (Wildman–Crippen LogP) is 4.65. The van der Waals surface area contributed by atoms with E-state index < -0.39 is 0 Å². The van der Waals surface area contributed by atoms with Gasteiger partial charge in [0.1, 0.15) is 0 Å². The molecule has 2 heterocycles. The van der Waals surface area contributed by atoms with Crippen LogP contribution in [0.4, 0.5) is 11.4 Å². The number of hydrogen-bond acceptors (Lipinski definition) is 3. The number of hydrogen-bond donors (Lipinski definition) is 0. The van der Waals surface area contributed by atoms with E-state index in [1.165, 1.54) is 42.9 Å². The minimum absolute atomic E-state index is 0.616. The number of nitrogens with zero attached hydrogens (tertiary/aromatic N) is 3. The van der Waals surface area contributed by atoms with Gasteiger partial charge in [-0.25, -0.2) is 0 Å². The van der Waals surface area contributed by atoms with Crippen LogP contribution in [0.25, 0.3) is 0 Å². The Bertz CT molecular complexity index is 742. The maximum absolute atomic E-state index is 6.17. The number of anilines is 2. The molecule has 4 rings (SSSR count). The molecule has 1 atom stereocenters. The molecule has 1 unspecified atom stereocenters. The first-order valence-corrected chi connectivity index (χ1v) is 10.2. The second-order valence-electron chi connectivity index (χ2n) is 7.58. The van der Waals surface area contributed by atoms with Crippen LogP contribution >= 0.6 is 11.6 Å². The Balaban J connectivity index is 1.51. The van der Waals surface area contributed by atoms with Gasteiger partial charge in [0.05, 0.1) is 11.4 Å². The van der Waals surface area contributed by atoms with Gasteiger partial charge in [-0.05, 0) is 62.7 Å². The van der Waals surface area contributed by atoms with E-state index in [-0.39, 0.29) is 0 Å². The Morgan fingerprint density at radius 1 is 0.885 bits per heavy atom. The lowest BCUT2D eigenvalue weighted by molar-refractivity contribution is 0.260. The molecule has 0 bridgehead atoms. The average Bonchev–Trinajstić information content (AvgIpc) is 3.19. The van der Waals surface area contributed by atoms with Crippen molar-refractivity contribution in [3.63, 3.8) is 0 Å². The highest BCUT2D eigenvalue weighted by molar-refractivity contribution is 6.30. The third-order valence-electron chi connectivity index (χ3n) is 5.71.